The summed E-state index contributed by atoms with van der Waals surface area (Å²) in [5.74, 6) is 0.165. The molecule has 0 aromatic heterocycles. The zero-order valence-corrected chi connectivity index (χ0v) is 20.3. The third-order valence-electron chi connectivity index (χ3n) is 6.12. The van der Waals surface area contributed by atoms with Gasteiger partial charge in [-0.25, -0.2) is 0 Å². The van der Waals surface area contributed by atoms with Gasteiger partial charge in [-0.1, -0.05) is 25.5 Å². The van der Waals surface area contributed by atoms with Crippen LogP contribution in [0.4, 0.5) is 18.9 Å². The minimum Gasteiger partial charge on any atom is -0.497 e. The fourth-order valence-corrected chi connectivity index (χ4v) is 4.43. The Kier molecular flexibility index (Phi) is 9.20. The number of hydrogen-bond acceptors (Lipinski definition) is 3. The van der Waals surface area contributed by atoms with Crippen LogP contribution in [0.3, 0.4) is 0 Å². The lowest BCUT2D eigenvalue weighted by atomic mass is 9.79. The van der Waals surface area contributed by atoms with Crippen LogP contribution in [-0.4, -0.2) is 45.1 Å². The Bertz CT molecular complexity index is 932. The van der Waals surface area contributed by atoms with Crippen molar-refractivity contribution in [3.05, 3.63) is 59.2 Å². The lowest BCUT2D eigenvalue weighted by Gasteiger charge is -2.29. The molecule has 1 aliphatic heterocycles. The number of methoxy groups -OCH3 is 1. The molecule has 2 aromatic carbocycles. The van der Waals surface area contributed by atoms with Gasteiger partial charge in [-0.3, -0.25) is 4.79 Å². The van der Waals surface area contributed by atoms with Crippen molar-refractivity contribution in [2.75, 3.05) is 39.2 Å². The summed E-state index contributed by atoms with van der Waals surface area (Å²) < 4.78 is 45.7. The van der Waals surface area contributed by atoms with E-state index in [1.165, 1.54) is 12.1 Å². The summed E-state index contributed by atoms with van der Waals surface area (Å²) in [5.41, 5.74) is 1.41. The molecular formula is C25H32ClF3N2O2. The normalized spacial score (nSPS) is 18.5. The summed E-state index contributed by atoms with van der Waals surface area (Å²) in [6, 6.07) is 11.3. The number of benzene rings is 2. The average Bonchev–Trinajstić information content (AvgIpc) is 2.86. The summed E-state index contributed by atoms with van der Waals surface area (Å²) in [6.07, 6.45) is -2.57. The number of alkyl halides is 3. The number of fused-ring (bicyclic) bond motifs is 1. The third kappa shape index (κ3) is 6.21. The quantitative estimate of drug-likeness (QED) is 0.499. The van der Waals surface area contributed by atoms with Gasteiger partial charge >= 0.3 is 6.18 Å². The van der Waals surface area contributed by atoms with Crippen LogP contribution in [0.1, 0.15) is 42.4 Å². The molecule has 0 spiro atoms. The topological polar surface area (TPSA) is 32.8 Å². The largest absolute Gasteiger partial charge is 0.497 e. The van der Waals surface area contributed by atoms with Crippen molar-refractivity contribution in [3.63, 3.8) is 0 Å². The molecular weight excluding hydrogens is 453 g/mol. The van der Waals surface area contributed by atoms with E-state index >= 15 is 0 Å². The van der Waals surface area contributed by atoms with Crippen molar-refractivity contribution < 1.29 is 22.7 Å². The molecule has 8 heteroatoms. The number of carbonyl (C=O) groups is 1. The highest BCUT2D eigenvalue weighted by Gasteiger charge is 2.39. The fourth-order valence-electron chi connectivity index (χ4n) is 4.43. The number of anilines is 1. The summed E-state index contributed by atoms with van der Waals surface area (Å²) in [4.78, 5) is 17.4. The van der Waals surface area contributed by atoms with Gasteiger partial charge in [0.1, 0.15) is 5.75 Å². The lowest BCUT2D eigenvalue weighted by molar-refractivity contribution is -0.137. The zero-order chi connectivity index (χ0) is 23.5. The van der Waals surface area contributed by atoms with E-state index in [1.54, 1.807) is 12.0 Å². The van der Waals surface area contributed by atoms with Crippen LogP contribution in [0, 0.1) is 5.92 Å². The number of ether oxygens (including phenoxy) is 1. The highest BCUT2D eigenvalue weighted by Crippen LogP contribution is 2.42. The summed E-state index contributed by atoms with van der Waals surface area (Å²) in [7, 11) is 5.42. The van der Waals surface area contributed by atoms with Crippen LogP contribution in [0.25, 0.3) is 0 Å². The highest BCUT2D eigenvalue weighted by molar-refractivity contribution is 5.97. The molecule has 33 heavy (non-hydrogen) atoms. The Morgan fingerprint density at radius 2 is 1.79 bits per heavy atom. The number of likely N-dealkylation sites (N-methyl/N-ethyl adjacent to an activating group) is 1. The number of halogens is 4. The molecule has 182 valence electrons. The van der Waals surface area contributed by atoms with Gasteiger partial charge in [-0.2, -0.15) is 13.2 Å². The second-order valence-corrected chi connectivity index (χ2v) is 8.61. The number of rotatable bonds is 7. The standard InChI is InChI=1S/C25H31F3N2O2.ClH/c1-5-6-21-22(17-7-10-20(32-4)11-8-17)16-18-15-19(25(26,27)28)9-12-23(18)30(24(21)31)14-13-29(2)3;/h7-12,15,21-22H,5-6,13-14,16H2,1-4H3;1H/t21-,22+;/m1./s1. The predicted molar refractivity (Wildman–Crippen MR) is 127 cm³/mol. The van der Waals surface area contributed by atoms with Gasteiger partial charge in [0.25, 0.3) is 0 Å². The zero-order valence-electron chi connectivity index (χ0n) is 19.5. The summed E-state index contributed by atoms with van der Waals surface area (Å²) in [5, 5.41) is 0. The van der Waals surface area contributed by atoms with Crippen molar-refractivity contribution in [1.29, 1.82) is 0 Å². The van der Waals surface area contributed by atoms with Gasteiger partial charge in [0, 0.05) is 24.7 Å². The van der Waals surface area contributed by atoms with Gasteiger partial charge in [0.2, 0.25) is 5.91 Å². The smallest absolute Gasteiger partial charge is 0.416 e. The fraction of sp³-hybridized carbons (Fsp3) is 0.480. The molecule has 0 aliphatic carbocycles. The Balaban J connectivity index is 0.00000385. The van der Waals surface area contributed by atoms with Gasteiger partial charge in [0.15, 0.2) is 0 Å². The maximum Gasteiger partial charge on any atom is 0.416 e. The second-order valence-electron chi connectivity index (χ2n) is 8.61. The number of carbonyl (C=O) groups excluding carboxylic acids is 1. The molecule has 4 nitrogen and oxygen atoms in total. The summed E-state index contributed by atoms with van der Waals surface area (Å²) >= 11 is 0. The van der Waals surface area contributed by atoms with Crippen LogP contribution < -0.4 is 9.64 Å². The molecule has 0 N–H and O–H groups in total. The maximum atomic E-state index is 13.8. The van der Waals surface area contributed by atoms with E-state index in [-0.39, 0.29) is 30.2 Å². The summed E-state index contributed by atoms with van der Waals surface area (Å²) in [6.45, 7) is 3.08. The first-order valence-corrected chi connectivity index (χ1v) is 11.0. The van der Waals surface area contributed by atoms with E-state index in [0.717, 1.165) is 18.1 Å². The molecule has 0 saturated heterocycles. The van der Waals surface area contributed by atoms with E-state index in [0.29, 0.717) is 42.9 Å². The number of amides is 1. The van der Waals surface area contributed by atoms with Crippen molar-refractivity contribution in [3.8, 4) is 5.75 Å². The van der Waals surface area contributed by atoms with Crippen LogP contribution >= 0.6 is 12.4 Å². The first-order valence-electron chi connectivity index (χ1n) is 11.0. The maximum absolute atomic E-state index is 13.8. The molecule has 2 aromatic rings. The molecule has 0 unspecified atom stereocenters. The molecule has 3 rings (SSSR count). The molecule has 0 radical (unpaired) electrons. The van der Waals surface area contributed by atoms with Crippen molar-refractivity contribution in [1.82, 2.24) is 4.90 Å². The Morgan fingerprint density at radius 1 is 1.12 bits per heavy atom. The molecule has 2 atom stereocenters. The molecule has 0 bridgehead atoms. The molecule has 1 aliphatic rings. The van der Waals surface area contributed by atoms with Gasteiger partial charge in [-0.15, -0.1) is 12.4 Å². The molecule has 1 amide bonds. The monoisotopic (exact) mass is 484 g/mol. The lowest BCUT2D eigenvalue weighted by Crippen LogP contribution is -2.41. The minimum atomic E-state index is -4.43. The predicted octanol–water partition coefficient (Wildman–Crippen LogP) is 5.79. The van der Waals surface area contributed by atoms with E-state index in [4.69, 9.17) is 4.74 Å². The van der Waals surface area contributed by atoms with Crippen molar-refractivity contribution >= 4 is 24.0 Å². The average molecular weight is 485 g/mol. The first kappa shape index (κ1) is 27.0. The molecule has 0 fully saturated rings. The van der Waals surface area contributed by atoms with Crippen LogP contribution in [0.5, 0.6) is 5.75 Å². The van der Waals surface area contributed by atoms with E-state index in [2.05, 4.69) is 0 Å². The van der Waals surface area contributed by atoms with E-state index in [1.807, 2.05) is 50.2 Å². The third-order valence-corrected chi connectivity index (χ3v) is 6.12. The van der Waals surface area contributed by atoms with Gasteiger partial charge < -0.3 is 14.5 Å². The van der Waals surface area contributed by atoms with Crippen molar-refractivity contribution in [2.24, 2.45) is 5.92 Å². The SMILES string of the molecule is CCC[C@H]1C(=O)N(CCN(C)C)c2ccc(C(F)(F)F)cc2C[C@H]1c1ccc(OC)cc1.Cl. The van der Waals surface area contributed by atoms with Gasteiger partial charge in [-0.05, 0) is 74.3 Å². The minimum absolute atomic E-state index is 0. The van der Waals surface area contributed by atoms with Gasteiger partial charge in [0.05, 0.1) is 12.7 Å². The van der Waals surface area contributed by atoms with E-state index < -0.39 is 11.7 Å². The highest BCUT2D eigenvalue weighted by atomic mass is 35.5. The Hall–Kier alpha value is -2.25. The van der Waals surface area contributed by atoms with Crippen LogP contribution in [-0.2, 0) is 17.4 Å². The van der Waals surface area contributed by atoms with E-state index in [9.17, 15) is 18.0 Å². The van der Waals surface area contributed by atoms with Crippen LogP contribution in [0.15, 0.2) is 42.5 Å². The first-order chi connectivity index (χ1) is 15.2. The Labute approximate surface area is 200 Å². The van der Waals surface area contributed by atoms with Crippen molar-refractivity contribution in [2.45, 2.75) is 38.3 Å². The number of nitrogens with zero attached hydrogens (tertiary/aromatic N) is 2. The molecule has 0 saturated carbocycles. The second kappa shape index (κ2) is 11.3. The Morgan fingerprint density at radius 3 is 2.33 bits per heavy atom. The number of hydrogen-bond donors (Lipinski definition) is 0. The van der Waals surface area contributed by atoms with Crippen LogP contribution in [0.2, 0.25) is 0 Å². The molecule has 1 heterocycles.